The highest BCUT2D eigenvalue weighted by molar-refractivity contribution is 5.75. The number of fused-ring (bicyclic) bond motifs is 2. The molecule has 2 N–H and O–H groups in total. The predicted molar refractivity (Wildman–Crippen MR) is 174 cm³/mol. The van der Waals surface area contributed by atoms with Crippen molar-refractivity contribution < 1.29 is 29.3 Å². The number of carboxylic acids is 2. The number of carboxylic acid groups (broad SMARTS) is 2. The zero-order chi connectivity index (χ0) is 32.5. The van der Waals surface area contributed by atoms with Crippen LogP contribution in [0, 0.1) is 68.0 Å². The number of hydrogen-bond donors (Lipinski definition) is 2. The Bertz CT molecular complexity index is 1280. The minimum absolute atomic E-state index is 0.134. The van der Waals surface area contributed by atoms with Gasteiger partial charge in [0.15, 0.2) is 0 Å². The van der Waals surface area contributed by atoms with E-state index < -0.39 is 22.8 Å². The zero-order valence-corrected chi connectivity index (χ0v) is 29.5. The predicted octanol–water partition coefficient (Wildman–Crippen LogP) is 8.50. The third kappa shape index (κ3) is 3.48. The highest BCUT2D eigenvalue weighted by Gasteiger charge is 2.76. The molecular weight excluding hydrogens is 576 g/mol. The molecule has 0 aromatic rings. The average molecular weight is 637 g/mol. The van der Waals surface area contributed by atoms with Crippen LogP contribution in [0.1, 0.15) is 144 Å². The Balaban J connectivity index is 0.000000127. The van der Waals surface area contributed by atoms with E-state index in [0.29, 0.717) is 46.7 Å². The SMILES string of the molecule is C[C@@]12CCC[C@@](C)(C(=O)O)[C@H]1CC[C@]13C[C@H]4C[C@H](O[C@@]4(C)C1)[C@H]32.C[C@@]12CCC[C@@](C)(C(=O)O)[C@H]1CC[C@]13C[C@H]4C[C@H](O[C@@]4(C)C1)[C@H]32. The van der Waals surface area contributed by atoms with E-state index in [1.165, 1.54) is 64.2 Å². The lowest BCUT2D eigenvalue weighted by molar-refractivity contribution is -0.229. The second-order valence-corrected chi connectivity index (χ2v) is 20.6. The second-order valence-electron chi connectivity index (χ2n) is 20.6. The molecule has 12 rings (SSSR count). The maximum Gasteiger partial charge on any atom is 0.309 e. The van der Waals surface area contributed by atoms with Gasteiger partial charge in [-0.05, 0) is 175 Å². The van der Waals surface area contributed by atoms with Crippen molar-refractivity contribution in [2.45, 2.75) is 168 Å². The van der Waals surface area contributed by atoms with Gasteiger partial charge in [-0.15, -0.1) is 0 Å². The highest BCUT2D eigenvalue weighted by atomic mass is 16.5. The standard InChI is InChI=1S/2C20H30O3/c2*1-17-6-4-7-18(2,16(21)22)14(17)5-8-20-10-12-9-13(15(17)20)23-19(12,3)11-20/h2*12-15H,4-11H2,1-3H3,(H,21,22)/t2*12-,13+,14+,15+,17-,18-,19+,20+/m11/s1. The van der Waals surface area contributed by atoms with Gasteiger partial charge in [0.2, 0.25) is 0 Å². The fourth-order valence-electron chi connectivity index (χ4n) is 17.4. The van der Waals surface area contributed by atoms with E-state index >= 15 is 0 Å². The Morgan fingerprint density at radius 1 is 0.587 bits per heavy atom. The highest BCUT2D eigenvalue weighted by Crippen LogP contribution is 2.78. The van der Waals surface area contributed by atoms with Crippen molar-refractivity contribution >= 4 is 11.9 Å². The summed E-state index contributed by atoms with van der Waals surface area (Å²) in [6.45, 7) is 13.6. The molecule has 0 radical (unpaired) electrons. The fraction of sp³-hybridized carbons (Fsp3) is 0.950. The lowest BCUT2D eigenvalue weighted by Crippen LogP contribution is -2.62. The van der Waals surface area contributed by atoms with Crippen molar-refractivity contribution in [3.05, 3.63) is 0 Å². The molecule has 2 spiro atoms. The quantitative estimate of drug-likeness (QED) is 0.316. The molecular formula is C40H60O6. The van der Waals surface area contributed by atoms with Crippen LogP contribution in [0.4, 0.5) is 0 Å². The molecule has 8 aliphatic carbocycles. The van der Waals surface area contributed by atoms with Crippen molar-refractivity contribution in [3.8, 4) is 0 Å². The van der Waals surface area contributed by atoms with Crippen LogP contribution in [0.2, 0.25) is 0 Å². The molecule has 256 valence electrons. The Kier molecular flexibility index (Phi) is 6.01. The molecule has 8 bridgehead atoms. The first-order valence-electron chi connectivity index (χ1n) is 19.3. The van der Waals surface area contributed by atoms with Crippen LogP contribution in [0.15, 0.2) is 0 Å². The van der Waals surface area contributed by atoms with Gasteiger partial charge in [0, 0.05) is 0 Å². The van der Waals surface area contributed by atoms with Gasteiger partial charge < -0.3 is 19.7 Å². The van der Waals surface area contributed by atoms with Crippen LogP contribution < -0.4 is 0 Å². The summed E-state index contributed by atoms with van der Waals surface area (Å²) in [6.07, 6.45) is 19.4. The lowest BCUT2D eigenvalue weighted by Gasteiger charge is -2.65. The van der Waals surface area contributed by atoms with Gasteiger partial charge in [0.25, 0.3) is 0 Å². The molecule has 4 saturated heterocycles. The summed E-state index contributed by atoms with van der Waals surface area (Å²) < 4.78 is 13.2. The van der Waals surface area contributed by atoms with E-state index in [1.807, 2.05) is 13.8 Å². The molecule has 0 aromatic carbocycles. The number of rotatable bonds is 2. The third-order valence-corrected chi connectivity index (χ3v) is 18.6. The van der Waals surface area contributed by atoms with Gasteiger partial charge >= 0.3 is 11.9 Å². The Labute approximate surface area is 276 Å². The van der Waals surface area contributed by atoms with Crippen molar-refractivity contribution in [3.63, 3.8) is 0 Å². The summed E-state index contributed by atoms with van der Waals surface area (Å²) in [7, 11) is 0. The molecule has 4 heterocycles. The second kappa shape index (κ2) is 8.95. The summed E-state index contributed by atoms with van der Waals surface area (Å²) in [4.78, 5) is 24.2. The van der Waals surface area contributed by atoms with Gasteiger partial charge in [-0.2, -0.15) is 0 Å². The van der Waals surface area contributed by atoms with Gasteiger partial charge in [-0.1, -0.05) is 26.7 Å². The summed E-state index contributed by atoms with van der Waals surface area (Å²) >= 11 is 0. The van der Waals surface area contributed by atoms with Crippen LogP contribution in [0.3, 0.4) is 0 Å². The molecule has 12 fully saturated rings. The lowest BCUT2D eigenvalue weighted by atomic mass is 9.40. The molecule has 4 aliphatic heterocycles. The van der Waals surface area contributed by atoms with Crippen molar-refractivity contribution in [1.29, 1.82) is 0 Å². The molecule has 16 atom stereocenters. The normalized spacial score (nSPS) is 62.9. The maximum absolute atomic E-state index is 12.1. The minimum Gasteiger partial charge on any atom is -0.481 e. The van der Waals surface area contributed by atoms with Gasteiger partial charge in [-0.25, -0.2) is 0 Å². The van der Waals surface area contributed by atoms with E-state index in [2.05, 4.69) is 27.7 Å². The molecule has 8 saturated carbocycles. The van der Waals surface area contributed by atoms with Crippen molar-refractivity contribution in [2.75, 3.05) is 0 Å². The minimum atomic E-state index is -0.566. The molecule has 0 aromatic heterocycles. The van der Waals surface area contributed by atoms with Crippen molar-refractivity contribution in [1.82, 2.24) is 0 Å². The number of ether oxygens (including phenoxy) is 2. The Hall–Kier alpha value is -1.14. The summed E-state index contributed by atoms with van der Waals surface area (Å²) in [6, 6.07) is 0. The van der Waals surface area contributed by atoms with E-state index in [1.54, 1.807) is 0 Å². The number of aliphatic carboxylic acids is 2. The van der Waals surface area contributed by atoms with Crippen LogP contribution in [0.5, 0.6) is 0 Å². The van der Waals surface area contributed by atoms with E-state index in [9.17, 15) is 19.8 Å². The fourth-order valence-corrected chi connectivity index (χ4v) is 17.4. The number of hydrogen-bond acceptors (Lipinski definition) is 4. The average Bonchev–Trinajstić information content (AvgIpc) is 3.50. The molecule has 46 heavy (non-hydrogen) atoms. The topological polar surface area (TPSA) is 93.1 Å². The smallest absolute Gasteiger partial charge is 0.309 e. The maximum atomic E-state index is 12.1. The molecule has 0 amide bonds. The van der Waals surface area contributed by atoms with Crippen LogP contribution in [0.25, 0.3) is 0 Å². The van der Waals surface area contributed by atoms with Crippen LogP contribution in [-0.4, -0.2) is 45.6 Å². The summed E-state index contributed by atoms with van der Waals surface area (Å²) in [5.41, 5.74) is 0.444. The molecule has 0 unspecified atom stereocenters. The van der Waals surface area contributed by atoms with Gasteiger partial charge in [-0.3, -0.25) is 9.59 Å². The van der Waals surface area contributed by atoms with Crippen LogP contribution >= 0.6 is 0 Å². The van der Waals surface area contributed by atoms with Gasteiger partial charge in [0.05, 0.1) is 34.2 Å². The van der Waals surface area contributed by atoms with Crippen LogP contribution in [-0.2, 0) is 19.1 Å². The molecule has 12 aliphatic rings. The van der Waals surface area contributed by atoms with E-state index in [4.69, 9.17) is 9.47 Å². The third-order valence-electron chi connectivity index (χ3n) is 18.6. The number of carbonyl (C=O) groups is 2. The molecule has 6 heteroatoms. The first kappa shape index (κ1) is 30.9. The Morgan fingerprint density at radius 2 is 0.978 bits per heavy atom. The Morgan fingerprint density at radius 3 is 1.33 bits per heavy atom. The summed E-state index contributed by atoms with van der Waals surface area (Å²) in [5, 5.41) is 19.9. The largest absolute Gasteiger partial charge is 0.481 e. The monoisotopic (exact) mass is 636 g/mol. The first-order valence-corrected chi connectivity index (χ1v) is 19.3. The zero-order valence-electron chi connectivity index (χ0n) is 29.5. The van der Waals surface area contributed by atoms with E-state index in [-0.39, 0.29) is 22.0 Å². The van der Waals surface area contributed by atoms with E-state index in [0.717, 1.165) is 50.4 Å². The van der Waals surface area contributed by atoms with Crippen molar-refractivity contribution in [2.24, 2.45) is 68.0 Å². The van der Waals surface area contributed by atoms with Gasteiger partial charge in [0.1, 0.15) is 0 Å². The summed E-state index contributed by atoms with van der Waals surface area (Å²) in [5.74, 6) is 2.23. The molecule has 6 nitrogen and oxygen atoms in total. The first-order chi connectivity index (χ1) is 21.5.